The maximum absolute atomic E-state index is 13.8. The number of nitrogens with zero attached hydrogens (tertiary/aromatic N) is 2. The third-order valence-corrected chi connectivity index (χ3v) is 7.62. The second kappa shape index (κ2) is 8.99. The Balaban J connectivity index is 1.95. The number of ether oxygens (including phenoxy) is 1. The van der Waals surface area contributed by atoms with Gasteiger partial charge in [0.05, 0.1) is 28.0 Å². The third kappa shape index (κ3) is 5.09. The Bertz CT molecular complexity index is 1050. The number of hydrogen-bond acceptors (Lipinski definition) is 5. The Morgan fingerprint density at radius 3 is 2.65 bits per heavy atom. The van der Waals surface area contributed by atoms with E-state index in [0.29, 0.717) is 18.5 Å². The molecule has 1 aromatic carbocycles. The van der Waals surface area contributed by atoms with Crippen LogP contribution < -0.4 is 5.32 Å². The van der Waals surface area contributed by atoms with Crippen LogP contribution in [-0.4, -0.2) is 49.1 Å². The molecule has 170 valence electrons. The number of nitrogens with one attached hydrogen (secondary N) is 1. The lowest BCUT2D eigenvalue weighted by atomic mass is 10.1. The highest BCUT2D eigenvalue weighted by Crippen LogP contribution is 2.40. The fourth-order valence-electron chi connectivity index (χ4n) is 3.75. The van der Waals surface area contributed by atoms with Gasteiger partial charge in [-0.15, -0.1) is 0 Å². The normalized spacial score (nSPS) is 19.5. The summed E-state index contributed by atoms with van der Waals surface area (Å²) in [6.45, 7) is 2.14. The molecule has 7 nitrogen and oxygen atoms in total. The molecule has 1 aliphatic rings. The van der Waals surface area contributed by atoms with E-state index in [-0.39, 0.29) is 37.0 Å². The van der Waals surface area contributed by atoms with Crippen LogP contribution in [0.25, 0.3) is 11.1 Å². The molecule has 11 heteroatoms. The van der Waals surface area contributed by atoms with E-state index in [2.05, 4.69) is 10.4 Å². The van der Waals surface area contributed by atoms with Crippen LogP contribution in [0.15, 0.2) is 35.5 Å². The fraction of sp³-hybridized carbons (Fsp3) is 0.500. The van der Waals surface area contributed by atoms with Gasteiger partial charge in [0.15, 0.2) is 9.84 Å². The molecule has 0 bridgehead atoms. The molecule has 31 heavy (non-hydrogen) atoms. The summed E-state index contributed by atoms with van der Waals surface area (Å²) in [6.07, 6.45) is -1.43. The van der Waals surface area contributed by atoms with E-state index in [1.54, 1.807) is 6.92 Å². The van der Waals surface area contributed by atoms with Crippen molar-refractivity contribution in [1.82, 2.24) is 15.1 Å². The highest BCUT2D eigenvalue weighted by atomic mass is 32.2. The van der Waals surface area contributed by atoms with Crippen LogP contribution in [-0.2, 0) is 32.1 Å². The Morgan fingerprint density at radius 2 is 2.03 bits per heavy atom. The molecule has 2 aromatic rings. The van der Waals surface area contributed by atoms with Crippen molar-refractivity contribution < 1.29 is 31.1 Å². The maximum Gasteiger partial charge on any atom is 0.417 e. The van der Waals surface area contributed by atoms with Gasteiger partial charge in [0.1, 0.15) is 6.54 Å². The highest BCUT2D eigenvalue weighted by Gasteiger charge is 2.42. The van der Waals surface area contributed by atoms with Gasteiger partial charge in [-0.2, -0.15) is 18.3 Å². The van der Waals surface area contributed by atoms with Crippen molar-refractivity contribution in [3.63, 3.8) is 0 Å². The van der Waals surface area contributed by atoms with Crippen molar-refractivity contribution in [2.45, 2.75) is 55.2 Å². The summed E-state index contributed by atoms with van der Waals surface area (Å²) in [7, 11) is -2.73. The summed E-state index contributed by atoms with van der Waals surface area (Å²) in [6, 6.07) is 3.16. The van der Waals surface area contributed by atoms with E-state index in [1.165, 1.54) is 30.3 Å². The van der Waals surface area contributed by atoms with Gasteiger partial charge in [-0.05, 0) is 43.9 Å². The number of amides is 1. The predicted octanol–water partition coefficient (Wildman–Crippen LogP) is 3.05. The second-order valence-corrected chi connectivity index (χ2v) is 9.62. The lowest BCUT2D eigenvalue weighted by Crippen LogP contribution is -2.27. The summed E-state index contributed by atoms with van der Waals surface area (Å²) in [5.41, 5.74) is -0.698. The molecule has 1 amide bonds. The molecule has 0 spiro atoms. The fourth-order valence-corrected chi connectivity index (χ4v) is 5.77. The quantitative estimate of drug-likeness (QED) is 0.687. The molecule has 1 aliphatic carbocycles. The number of benzene rings is 1. The van der Waals surface area contributed by atoms with Crippen LogP contribution in [0.2, 0.25) is 0 Å². The average Bonchev–Trinajstić information content (AvgIpc) is 3.37. The maximum atomic E-state index is 13.8. The number of aromatic nitrogens is 2. The van der Waals surface area contributed by atoms with E-state index >= 15 is 0 Å². The molecule has 1 saturated carbocycles. The molecule has 1 N–H and O–H groups in total. The monoisotopic (exact) mass is 459 g/mol. The first-order valence-corrected chi connectivity index (χ1v) is 11.4. The van der Waals surface area contributed by atoms with Gasteiger partial charge in [0, 0.05) is 25.4 Å². The van der Waals surface area contributed by atoms with Crippen LogP contribution in [0.4, 0.5) is 13.2 Å². The number of methoxy groups -OCH3 is 1. The van der Waals surface area contributed by atoms with Crippen molar-refractivity contribution in [3.05, 3.63) is 36.2 Å². The van der Waals surface area contributed by atoms with Crippen molar-refractivity contribution in [2.75, 3.05) is 13.7 Å². The smallest absolute Gasteiger partial charge is 0.381 e. The van der Waals surface area contributed by atoms with Gasteiger partial charge in [-0.25, -0.2) is 8.42 Å². The zero-order valence-corrected chi connectivity index (χ0v) is 18.0. The van der Waals surface area contributed by atoms with E-state index < -0.39 is 31.7 Å². The molecule has 0 radical (unpaired) electrons. The van der Waals surface area contributed by atoms with Gasteiger partial charge < -0.3 is 10.1 Å². The predicted molar refractivity (Wildman–Crippen MR) is 107 cm³/mol. The first-order chi connectivity index (χ1) is 14.6. The molecule has 1 fully saturated rings. The van der Waals surface area contributed by atoms with E-state index in [4.69, 9.17) is 4.74 Å². The Kier molecular flexibility index (Phi) is 6.75. The van der Waals surface area contributed by atoms with Crippen LogP contribution in [0.1, 0.15) is 31.7 Å². The topological polar surface area (TPSA) is 90.3 Å². The third-order valence-electron chi connectivity index (χ3n) is 5.35. The van der Waals surface area contributed by atoms with E-state index in [1.807, 2.05) is 0 Å². The first kappa shape index (κ1) is 23.3. The van der Waals surface area contributed by atoms with Crippen LogP contribution in [0.3, 0.4) is 0 Å². The number of carbonyl (C=O) groups excluding carboxylic acids is 1. The van der Waals surface area contributed by atoms with Gasteiger partial charge >= 0.3 is 6.18 Å². The summed E-state index contributed by atoms with van der Waals surface area (Å²) < 4.78 is 73.8. The lowest BCUT2D eigenvalue weighted by Gasteiger charge is -2.18. The number of sulfone groups is 1. The molecule has 3 rings (SSSR count). The van der Waals surface area contributed by atoms with Gasteiger partial charge in [0.2, 0.25) is 5.91 Å². The van der Waals surface area contributed by atoms with Crippen molar-refractivity contribution in [1.29, 1.82) is 0 Å². The van der Waals surface area contributed by atoms with Gasteiger partial charge in [-0.1, -0.05) is 6.07 Å². The summed E-state index contributed by atoms with van der Waals surface area (Å²) in [5, 5.41) is 5.69. The molecular weight excluding hydrogens is 435 g/mol. The molecule has 0 saturated heterocycles. The van der Waals surface area contributed by atoms with Crippen LogP contribution in [0, 0.1) is 0 Å². The minimum Gasteiger partial charge on any atom is -0.381 e. The summed E-state index contributed by atoms with van der Waals surface area (Å²) in [4.78, 5) is 11.0. The van der Waals surface area contributed by atoms with Crippen molar-refractivity contribution in [2.24, 2.45) is 0 Å². The zero-order valence-electron chi connectivity index (χ0n) is 17.1. The minimum absolute atomic E-state index is 0.0746. The number of carbonyl (C=O) groups is 1. The standard InChI is InChI=1S/C20H24F3N3O4S/c1-3-24-19(27)12-26-11-14(10-25-26)13-4-7-18(17(8-13)20(21,22)23)31(28,29)16-6-5-15(9-16)30-2/h4,7-8,10-11,15-16H,3,5-6,9,12H2,1-2H3,(H,24,27)/t15-,16-/m0/s1. The van der Waals surface area contributed by atoms with Crippen molar-refractivity contribution in [3.8, 4) is 11.1 Å². The van der Waals surface area contributed by atoms with Crippen LogP contribution >= 0.6 is 0 Å². The Morgan fingerprint density at radius 1 is 1.29 bits per heavy atom. The van der Waals surface area contributed by atoms with Crippen molar-refractivity contribution >= 4 is 15.7 Å². The molecular formula is C20H24F3N3O4S. The zero-order chi connectivity index (χ0) is 22.8. The molecule has 0 unspecified atom stereocenters. The van der Waals surface area contributed by atoms with Crippen LogP contribution in [0.5, 0.6) is 0 Å². The largest absolute Gasteiger partial charge is 0.417 e. The number of hydrogen-bond donors (Lipinski definition) is 1. The lowest BCUT2D eigenvalue weighted by molar-refractivity contribution is -0.139. The van der Waals surface area contributed by atoms with Gasteiger partial charge in [-0.3, -0.25) is 9.48 Å². The molecule has 1 heterocycles. The molecule has 2 atom stereocenters. The highest BCUT2D eigenvalue weighted by molar-refractivity contribution is 7.92. The number of alkyl halides is 3. The number of halogens is 3. The van der Waals surface area contributed by atoms with E-state index in [9.17, 15) is 26.4 Å². The summed E-state index contributed by atoms with van der Waals surface area (Å²) in [5.74, 6) is -0.277. The Labute approximate surface area is 178 Å². The molecule has 0 aliphatic heterocycles. The second-order valence-electron chi connectivity index (χ2n) is 7.43. The number of rotatable bonds is 7. The number of likely N-dealkylation sites (N-methyl/N-ethyl adjacent to an activating group) is 1. The average molecular weight is 459 g/mol. The minimum atomic E-state index is -4.85. The van der Waals surface area contributed by atoms with E-state index in [0.717, 1.165) is 12.1 Å². The summed E-state index contributed by atoms with van der Waals surface area (Å²) >= 11 is 0. The Hall–Kier alpha value is -2.40. The SMILES string of the molecule is CCNC(=O)Cn1cc(-c2ccc(S(=O)(=O)[C@H]3CC[C@H](OC)C3)c(C(F)(F)F)c2)cn1. The molecule has 1 aromatic heterocycles. The van der Waals surface area contributed by atoms with Gasteiger partial charge in [0.25, 0.3) is 0 Å². The first-order valence-electron chi connectivity index (χ1n) is 9.83.